The molecule has 0 saturated heterocycles. The van der Waals surface area contributed by atoms with Crippen LogP contribution in [0.15, 0.2) is 48.5 Å². The second-order valence-electron chi connectivity index (χ2n) is 20.4. The number of rotatable bonds is 4. The van der Waals surface area contributed by atoms with E-state index in [0.717, 1.165) is 66.8 Å². The lowest BCUT2D eigenvalue weighted by Crippen LogP contribution is -2.26. The summed E-state index contributed by atoms with van der Waals surface area (Å²) in [6.45, 7) is 29.2. The normalized spacial score (nSPS) is 13.0. The van der Waals surface area contributed by atoms with Gasteiger partial charge in [0, 0.05) is 0 Å². The topological polar surface area (TPSA) is 142 Å². The quantitative estimate of drug-likeness (QED) is 0.0963. The fourth-order valence-electron chi connectivity index (χ4n) is 7.22. The van der Waals surface area contributed by atoms with E-state index < -0.39 is 47.0 Å². The van der Waals surface area contributed by atoms with Gasteiger partial charge in [-0.3, -0.25) is 0 Å². The van der Waals surface area contributed by atoms with Gasteiger partial charge < -0.3 is 37.9 Å². The predicted octanol–water partition coefficient (Wildman–Crippen LogP) is 12.9. The van der Waals surface area contributed by atoms with Crippen molar-refractivity contribution in [2.75, 3.05) is 0 Å². The third-order valence-corrected chi connectivity index (χ3v) is 10.3. The molecule has 1 aliphatic rings. The van der Waals surface area contributed by atoms with Crippen LogP contribution in [0.2, 0.25) is 0 Å². The zero-order valence-corrected chi connectivity index (χ0v) is 40.3. The standard InChI is InChI=1S/C52H64O12/c1-29-33-17-35-23-42(58-46(54)62-50(8,9)10)25-37(30(35)2)19-39-27-44(60-48(56)64-52(14,15)16)28-40(32(39)4)20-38-26-43(59-47(55)63-51(11,12)13)24-36(31(38)3)18-34(29)22-41(21-33)57-45(53)61-49(5,6)7/h21-28H,17-20H2,1-16H3. The maximum Gasteiger partial charge on any atom is 0.514 e. The highest BCUT2D eigenvalue weighted by Crippen LogP contribution is 2.36. The maximum absolute atomic E-state index is 13.1. The molecule has 0 spiro atoms. The highest BCUT2D eigenvalue weighted by Gasteiger charge is 2.26. The van der Waals surface area contributed by atoms with Crippen LogP contribution in [0.1, 0.15) is 150 Å². The van der Waals surface area contributed by atoms with E-state index in [-0.39, 0.29) is 23.0 Å². The molecule has 0 saturated carbocycles. The van der Waals surface area contributed by atoms with Crippen molar-refractivity contribution in [3.63, 3.8) is 0 Å². The van der Waals surface area contributed by atoms with Crippen LogP contribution in [0.4, 0.5) is 19.2 Å². The Morgan fingerprint density at radius 1 is 0.312 bits per heavy atom. The number of benzene rings is 4. The van der Waals surface area contributed by atoms with Gasteiger partial charge in [-0.05, 0) is 252 Å². The van der Waals surface area contributed by atoms with Crippen LogP contribution >= 0.6 is 0 Å². The van der Waals surface area contributed by atoms with Crippen LogP contribution in [0.3, 0.4) is 0 Å². The molecule has 8 bridgehead atoms. The summed E-state index contributed by atoms with van der Waals surface area (Å²) in [7, 11) is 0. The van der Waals surface area contributed by atoms with Crippen LogP contribution in [0.25, 0.3) is 0 Å². The summed E-state index contributed by atoms with van der Waals surface area (Å²) in [6.07, 6.45) is -1.98. The summed E-state index contributed by atoms with van der Waals surface area (Å²) in [6, 6.07) is 14.6. The zero-order valence-electron chi connectivity index (χ0n) is 40.3. The molecule has 5 rings (SSSR count). The molecule has 0 fully saturated rings. The Kier molecular flexibility index (Phi) is 14.2. The first kappa shape index (κ1) is 49.0. The van der Waals surface area contributed by atoms with Crippen LogP contribution < -0.4 is 18.9 Å². The molecule has 12 heteroatoms. The van der Waals surface area contributed by atoms with Gasteiger partial charge in [-0.1, -0.05) is 0 Å². The molecule has 0 aromatic heterocycles. The Morgan fingerprint density at radius 3 is 0.578 bits per heavy atom. The summed E-state index contributed by atoms with van der Waals surface area (Å²) in [5.41, 5.74) is 7.35. The van der Waals surface area contributed by atoms with Crippen molar-refractivity contribution in [2.24, 2.45) is 0 Å². The number of fused-ring (bicyclic) bond motifs is 8. The largest absolute Gasteiger partial charge is 0.514 e. The van der Waals surface area contributed by atoms with Gasteiger partial charge >= 0.3 is 24.6 Å². The molecule has 344 valence electrons. The Morgan fingerprint density at radius 2 is 0.453 bits per heavy atom. The summed E-state index contributed by atoms with van der Waals surface area (Å²) >= 11 is 0. The lowest BCUT2D eigenvalue weighted by atomic mass is 9.85. The monoisotopic (exact) mass is 880 g/mol. The number of hydrogen-bond acceptors (Lipinski definition) is 12. The molecular weight excluding hydrogens is 817 g/mol. The third kappa shape index (κ3) is 14.0. The van der Waals surface area contributed by atoms with E-state index in [1.54, 1.807) is 83.1 Å². The van der Waals surface area contributed by atoms with Crippen molar-refractivity contribution in [3.05, 3.63) is 115 Å². The molecule has 0 N–H and O–H groups in total. The van der Waals surface area contributed by atoms with Crippen molar-refractivity contribution >= 4 is 24.6 Å². The van der Waals surface area contributed by atoms with Crippen LogP contribution in [0, 0.1) is 27.7 Å². The fraction of sp³-hybridized carbons (Fsp3) is 0.462. The van der Waals surface area contributed by atoms with Gasteiger partial charge in [-0.2, -0.15) is 0 Å². The highest BCUT2D eigenvalue weighted by atomic mass is 16.7. The van der Waals surface area contributed by atoms with E-state index in [4.69, 9.17) is 37.9 Å². The average molecular weight is 881 g/mol. The predicted molar refractivity (Wildman–Crippen MR) is 243 cm³/mol. The molecule has 64 heavy (non-hydrogen) atoms. The number of carbonyl (C=O) groups excluding carboxylic acids is 4. The molecule has 4 aromatic carbocycles. The number of hydrogen-bond donors (Lipinski definition) is 0. The molecule has 1 aliphatic carbocycles. The Hall–Kier alpha value is -6.04. The Labute approximate surface area is 377 Å². The van der Waals surface area contributed by atoms with E-state index in [2.05, 4.69) is 0 Å². The van der Waals surface area contributed by atoms with Crippen LogP contribution in [-0.4, -0.2) is 47.0 Å². The number of carbonyl (C=O) groups is 4. The van der Waals surface area contributed by atoms with Gasteiger partial charge in [0.1, 0.15) is 45.4 Å². The van der Waals surface area contributed by atoms with E-state index in [1.165, 1.54) is 0 Å². The summed E-state index contributed by atoms with van der Waals surface area (Å²) in [5.74, 6) is 1.14. The first-order valence-electron chi connectivity index (χ1n) is 21.5. The highest BCUT2D eigenvalue weighted by molar-refractivity contribution is 5.68. The summed E-state index contributed by atoms with van der Waals surface area (Å²) in [4.78, 5) is 52.4. The average Bonchev–Trinajstić information content (AvgIpc) is 3.08. The van der Waals surface area contributed by atoms with Crippen molar-refractivity contribution < 1.29 is 57.1 Å². The molecule has 4 aromatic rings. The molecular formula is C52H64O12. The lowest BCUT2D eigenvalue weighted by molar-refractivity contribution is 0.0192. The van der Waals surface area contributed by atoms with E-state index >= 15 is 0 Å². The smallest absolute Gasteiger partial charge is 0.428 e. The molecule has 0 unspecified atom stereocenters. The second-order valence-corrected chi connectivity index (χ2v) is 20.4. The van der Waals surface area contributed by atoms with E-state index in [1.807, 2.05) is 76.2 Å². The van der Waals surface area contributed by atoms with Crippen molar-refractivity contribution in [3.8, 4) is 23.0 Å². The first-order chi connectivity index (χ1) is 29.4. The van der Waals surface area contributed by atoms with Crippen molar-refractivity contribution in [1.82, 2.24) is 0 Å². The SMILES string of the molecule is Cc1c2cc(OC(=O)OC(C)(C)C)cc1Cc1cc(OC(=O)OC(C)(C)C)cc(c1C)Cc1cc(OC(=O)OC(C)(C)C)cc(c1C)Cc1cc(OC(=O)OC(C)(C)C)cc(c1C)C2. The third-order valence-electron chi connectivity index (χ3n) is 10.3. The van der Waals surface area contributed by atoms with Gasteiger partial charge in [-0.25, -0.2) is 19.2 Å². The van der Waals surface area contributed by atoms with Gasteiger partial charge in [0.2, 0.25) is 0 Å². The molecule has 0 aliphatic heterocycles. The first-order valence-corrected chi connectivity index (χ1v) is 21.5. The Bertz CT molecular complexity index is 2010. The molecule has 0 amide bonds. The summed E-state index contributed by atoms with van der Waals surface area (Å²) < 4.78 is 45.6. The Balaban J connectivity index is 1.78. The van der Waals surface area contributed by atoms with Crippen molar-refractivity contribution in [2.45, 2.75) is 159 Å². The zero-order chi connectivity index (χ0) is 47.7. The van der Waals surface area contributed by atoms with Crippen LogP contribution in [-0.2, 0) is 44.6 Å². The summed E-state index contributed by atoms with van der Waals surface area (Å²) in [5, 5.41) is 0. The minimum Gasteiger partial charge on any atom is -0.428 e. The second kappa shape index (κ2) is 18.6. The van der Waals surface area contributed by atoms with Gasteiger partial charge in [0.15, 0.2) is 0 Å². The maximum atomic E-state index is 13.1. The fourth-order valence-corrected chi connectivity index (χ4v) is 7.22. The lowest BCUT2D eigenvalue weighted by Gasteiger charge is -2.23. The number of ether oxygens (including phenoxy) is 8. The van der Waals surface area contributed by atoms with Gasteiger partial charge in [0.05, 0.1) is 0 Å². The van der Waals surface area contributed by atoms with Crippen LogP contribution in [0.5, 0.6) is 23.0 Å². The van der Waals surface area contributed by atoms with Crippen molar-refractivity contribution in [1.29, 1.82) is 0 Å². The van der Waals surface area contributed by atoms with E-state index in [9.17, 15) is 19.2 Å². The minimum absolute atomic E-state index is 0.284. The molecule has 12 nitrogen and oxygen atoms in total. The molecule has 0 atom stereocenters. The molecule has 0 heterocycles. The van der Waals surface area contributed by atoms with Gasteiger partial charge in [-0.15, -0.1) is 0 Å². The van der Waals surface area contributed by atoms with Gasteiger partial charge in [0.25, 0.3) is 0 Å². The minimum atomic E-state index is -0.848. The van der Waals surface area contributed by atoms with E-state index in [0.29, 0.717) is 25.7 Å². The molecule has 0 radical (unpaired) electrons.